The van der Waals surface area contributed by atoms with Gasteiger partial charge in [0, 0.05) is 48.0 Å². The van der Waals surface area contributed by atoms with Crippen LogP contribution in [0.1, 0.15) is 4.88 Å². The van der Waals surface area contributed by atoms with Crippen LogP contribution in [-0.4, -0.2) is 48.5 Å². The van der Waals surface area contributed by atoms with E-state index in [1.165, 1.54) is 4.88 Å². The Morgan fingerprint density at radius 1 is 1.26 bits per heavy atom. The van der Waals surface area contributed by atoms with Crippen molar-refractivity contribution in [2.45, 2.75) is 6.92 Å². The molecule has 0 radical (unpaired) electrons. The lowest BCUT2D eigenvalue weighted by atomic mass is 10.3. The quantitative estimate of drug-likeness (QED) is 0.921. The number of amides is 1. The lowest BCUT2D eigenvalue weighted by molar-refractivity contribution is -0.117. The van der Waals surface area contributed by atoms with Gasteiger partial charge in [0.05, 0.1) is 6.54 Å². The van der Waals surface area contributed by atoms with Crippen molar-refractivity contribution in [3.05, 3.63) is 40.4 Å². The molecule has 23 heavy (non-hydrogen) atoms. The molecule has 0 spiro atoms. The van der Waals surface area contributed by atoms with Crippen LogP contribution in [0, 0.1) is 6.92 Å². The molecule has 0 saturated carbocycles. The van der Waals surface area contributed by atoms with Gasteiger partial charge in [0.2, 0.25) is 5.91 Å². The zero-order valence-corrected chi connectivity index (χ0v) is 14.5. The van der Waals surface area contributed by atoms with Gasteiger partial charge in [-0.25, -0.2) is 4.98 Å². The molecule has 1 aliphatic heterocycles. The normalized spacial score (nSPS) is 15.7. The molecule has 1 N–H and O–H groups in total. The summed E-state index contributed by atoms with van der Waals surface area (Å²) >= 11 is 7.56. The first kappa shape index (κ1) is 16.2. The number of piperazine rings is 1. The van der Waals surface area contributed by atoms with Crippen LogP contribution in [0.4, 0.5) is 10.8 Å². The summed E-state index contributed by atoms with van der Waals surface area (Å²) < 4.78 is 0. The van der Waals surface area contributed by atoms with Gasteiger partial charge in [0.25, 0.3) is 0 Å². The van der Waals surface area contributed by atoms with E-state index in [-0.39, 0.29) is 5.91 Å². The zero-order chi connectivity index (χ0) is 16.2. The number of halogens is 1. The monoisotopic (exact) mass is 350 g/mol. The van der Waals surface area contributed by atoms with E-state index >= 15 is 0 Å². The molecule has 1 aliphatic rings. The van der Waals surface area contributed by atoms with Gasteiger partial charge in [0.1, 0.15) is 0 Å². The first-order valence-corrected chi connectivity index (χ1v) is 8.75. The van der Waals surface area contributed by atoms with E-state index in [0.717, 1.165) is 37.0 Å². The van der Waals surface area contributed by atoms with Crippen molar-refractivity contribution in [2.75, 3.05) is 42.9 Å². The molecular formula is C16H19ClN4OS. The third-order valence-electron chi connectivity index (χ3n) is 3.75. The largest absolute Gasteiger partial charge is 0.346 e. The fraction of sp³-hybridized carbons (Fsp3) is 0.375. The van der Waals surface area contributed by atoms with Gasteiger partial charge in [0.15, 0.2) is 5.13 Å². The van der Waals surface area contributed by atoms with Crippen molar-refractivity contribution in [1.29, 1.82) is 0 Å². The van der Waals surface area contributed by atoms with E-state index in [1.807, 2.05) is 18.3 Å². The molecular weight excluding hydrogens is 332 g/mol. The molecule has 0 aliphatic carbocycles. The lowest BCUT2D eigenvalue weighted by Crippen LogP contribution is -2.48. The average Bonchev–Trinajstić information content (AvgIpc) is 2.97. The number of aromatic nitrogens is 1. The third-order valence-corrected chi connectivity index (χ3v) is 4.97. The SMILES string of the molecule is Cc1cnc(N2CCN(CC(=O)Nc3ccc(Cl)cc3)CC2)s1. The molecule has 1 amide bonds. The number of thiazole rings is 1. The highest BCUT2D eigenvalue weighted by Crippen LogP contribution is 2.22. The molecule has 0 unspecified atom stereocenters. The summed E-state index contributed by atoms with van der Waals surface area (Å²) in [6.07, 6.45) is 1.91. The van der Waals surface area contributed by atoms with Gasteiger partial charge in [-0.3, -0.25) is 9.69 Å². The van der Waals surface area contributed by atoms with Crippen molar-refractivity contribution < 1.29 is 4.79 Å². The molecule has 0 atom stereocenters. The minimum absolute atomic E-state index is 0.00543. The Labute approximate surface area is 144 Å². The number of nitrogens with one attached hydrogen (secondary N) is 1. The Morgan fingerprint density at radius 3 is 2.57 bits per heavy atom. The molecule has 1 aromatic carbocycles. The van der Waals surface area contributed by atoms with Gasteiger partial charge < -0.3 is 10.2 Å². The van der Waals surface area contributed by atoms with Crippen LogP contribution < -0.4 is 10.2 Å². The number of benzene rings is 1. The molecule has 2 heterocycles. The van der Waals surface area contributed by atoms with Crippen LogP contribution in [0.5, 0.6) is 0 Å². The van der Waals surface area contributed by atoms with Gasteiger partial charge in [-0.15, -0.1) is 11.3 Å². The standard InChI is InChI=1S/C16H19ClN4OS/c1-12-10-18-16(23-12)21-8-6-20(7-9-21)11-15(22)19-14-4-2-13(17)3-5-14/h2-5,10H,6-9,11H2,1H3,(H,19,22). The molecule has 2 aromatic rings. The molecule has 7 heteroatoms. The highest BCUT2D eigenvalue weighted by atomic mass is 35.5. The molecule has 1 saturated heterocycles. The second-order valence-electron chi connectivity index (χ2n) is 5.57. The minimum Gasteiger partial charge on any atom is -0.346 e. The Bertz CT molecular complexity index is 665. The Balaban J connectivity index is 1.46. The van der Waals surface area contributed by atoms with Crippen molar-refractivity contribution in [1.82, 2.24) is 9.88 Å². The molecule has 122 valence electrons. The summed E-state index contributed by atoms with van der Waals surface area (Å²) in [4.78, 5) is 22.2. The van der Waals surface area contributed by atoms with Crippen molar-refractivity contribution in [2.24, 2.45) is 0 Å². The third kappa shape index (κ3) is 4.43. The van der Waals surface area contributed by atoms with Crippen molar-refractivity contribution in [3.63, 3.8) is 0 Å². The molecule has 0 bridgehead atoms. The summed E-state index contributed by atoms with van der Waals surface area (Å²) in [6, 6.07) is 7.16. The minimum atomic E-state index is 0.00543. The highest BCUT2D eigenvalue weighted by molar-refractivity contribution is 7.15. The maximum absolute atomic E-state index is 12.1. The predicted molar refractivity (Wildman–Crippen MR) is 95.6 cm³/mol. The van der Waals surface area contributed by atoms with E-state index < -0.39 is 0 Å². The smallest absolute Gasteiger partial charge is 0.238 e. The predicted octanol–water partition coefficient (Wildman–Crippen LogP) is 2.87. The van der Waals surface area contributed by atoms with Crippen LogP contribution >= 0.6 is 22.9 Å². The molecule has 3 rings (SSSR count). The fourth-order valence-corrected chi connectivity index (χ4v) is 3.46. The van der Waals surface area contributed by atoms with Crippen molar-refractivity contribution >= 4 is 39.7 Å². The van der Waals surface area contributed by atoms with Gasteiger partial charge in [-0.05, 0) is 31.2 Å². The van der Waals surface area contributed by atoms with E-state index in [2.05, 4.69) is 27.0 Å². The van der Waals surface area contributed by atoms with Gasteiger partial charge in [-0.1, -0.05) is 11.6 Å². The van der Waals surface area contributed by atoms with Crippen molar-refractivity contribution in [3.8, 4) is 0 Å². The Morgan fingerprint density at radius 2 is 1.96 bits per heavy atom. The summed E-state index contributed by atoms with van der Waals surface area (Å²) in [7, 11) is 0. The second kappa shape index (κ2) is 7.29. The Kier molecular flexibility index (Phi) is 5.15. The zero-order valence-electron chi connectivity index (χ0n) is 13.0. The number of rotatable bonds is 4. The van der Waals surface area contributed by atoms with Crippen LogP contribution in [0.2, 0.25) is 5.02 Å². The van der Waals surface area contributed by atoms with E-state index in [1.54, 1.807) is 23.5 Å². The maximum atomic E-state index is 12.1. The van der Waals surface area contributed by atoms with Gasteiger partial charge in [-0.2, -0.15) is 0 Å². The maximum Gasteiger partial charge on any atom is 0.238 e. The van der Waals surface area contributed by atoms with Crippen LogP contribution in [0.3, 0.4) is 0 Å². The lowest BCUT2D eigenvalue weighted by Gasteiger charge is -2.34. The van der Waals surface area contributed by atoms with E-state index in [4.69, 9.17) is 11.6 Å². The second-order valence-corrected chi connectivity index (χ2v) is 7.22. The first-order valence-electron chi connectivity index (χ1n) is 7.55. The molecule has 1 fully saturated rings. The summed E-state index contributed by atoms with van der Waals surface area (Å²) in [6.45, 7) is 6.02. The summed E-state index contributed by atoms with van der Waals surface area (Å²) in [5.41, 5.74) is 0.774. The number of carbonyl (C=O) groups excluding carboxylic acids is 1. The number of anilines is 2. The van der Waals surface area contributed by atoms with Crippen LogP contribution in [-0.2, 0) is 4.79 Å². The van der Waals surface area contributed by atoms with Crippen LogP contribution in [0.25, 0.3) is 0 Å². The number of hydrogen-bond acceptors (Lipinski definition) is 5. The summed E-state index contributed by atoms with van der Waals surface area (Å²) in [5, 5.41) is 4.64. The number of hydrogen-bond donors (Lipinski definition) is 1. The van der Waals surface area contributed by atoms with Gasteiger partial charge >= 0.3 is 0 Å². The topological polar surface area (TPSA) is 48.5 Å². The van der Waals surface area contributed by atoms with E-state index in [9.17, 15) is 4.79 Å². The number of carbonyl (C=O) groups is 1. The first-order chi connectivity index (χ1) is 11.1. The molecule has 1 aromatic heterocycles. The van der Waals surface area contributed by atoms with Crippen LogP contribution in [0.15, 0.2) is 30.5 Å². The Hall–Kier alpha value is -1.63. The highest BCUT2D eigenvalue weighted by Gasteiger charge is 2.20. The van der Waals surface area contributed by atoms with E-state index in [0.29, 0.717) is 11.6 Å². The number of aryl methyl sites for hydroxylation is 1. The number of nitrogens with zero attached hydrogens (tertiary/aromatic N) is 3. The average molecular weight is 351 g/mol. The molecule has 5 nitrogen and oxygen atoms in total. The fourth-order valence-electron chi connectivity index (χ4n) is 2.52. The summed E-state index contributed by atoms with van der Waals surface area (Å²) in [5.74, 6) is 0.00543.